The monoisotopic (exact) mass is 451 g/mol. The minimum Gasteiger partial charge on any atom is -0.495 e. The number of nitrogens with one attached hydrogen (secondary N) is 2. The van der Waals surface area contributed by atoms with E-state index in [1.54, 1.807) is 17.4 Å². The molecule has 1 heterocycles. The van der Waals surface area contributed by atoms with Crippen LogP contribution in [0.4, 0.5) is 0 Å². The predicted octanol–water partition coefficient (Wildman–Crippen LogP) is 3.43. The summed E-state index contributed by atoms with van der Waals surface area (Å²) in [6, 6.07) is 4.45. The minimum absolute atomic E-state index is 0.00342. The number of hydrogen-bond acceptors (Lipinski definition) is 6. The number of rotatable bonds is 10. The second kappa shape index (κ2) is 10.4. The van der Waals surface area contributed by atoms with E-state index < -0.39 is 10.0 Å². The number of sulfonamides is 1. The molecule has 1 aliphatic rings. The van der Waals surface area contributed by atoms with Crippen LogP contribution in [0.1, 0.15) is 59.6 Å². The highest BCUT2D eigenvalue weighted by Gasteiger charge is 2.26. The lowest BCUT2D eigenvalue weighted by Crippen LogP contribution is -2.33. The summed E-state index contributed by atoms with van der Waals surface area (Å²) in [6.45, 7) is 2.50. The van der Waals surface area contributed by atoms with Crippen LogP contribution in [0.25, 0.3) is 0 Å². The molecule has 7 nitrogen and oxygen atoms in total. The lowest BCUT2D eigenvalue weighted by molar-refractivity contribution is 0.0952. The van der Waals surface area contributed by atoms with E-state index in [2.05, 4.69) is 15.0 Å². The first-order valence-corrected chi connectivity index (χ1v) is 12.6. The Morgan fingerprint density at radius 2 is 2.03 bits per heavy atom. The number of aryl methyl sites for hydroxylation is 2. The van der Waals surface area contributed by atoms with Crippen LogP contribution in [0.2, 0.25) is 0 Å². The van der Waals surface area contributed by atoms with Crippen molar-refractivity contribution in [1.29, 1.82) is 0 Å². The Morgan fingerprint density at radius 3 is 2.70 bits per heavy atom. The van der Waals surface area contributed by atoms with Gasteiger partial charge in [-0.15, -0.1) is 11.3 Å². The Hall–Kier alpha value is -1.97. The summed E-state index contributed by atoms with van der Waals surface area (Å²) in [5.41, 5.74) is 1.34. The maximum absolute atomic E-state index is 12.9. The lowest BCUT2D eigenvalue weighted by atomic mass is 10.2. The summed E-state index contributed by atoms with van der Waals surface area (Å²) < 4.78 is 33.7. The molecule has 1 fully saturated rings. The fraction of sp³-hybridized carbons (Fsp3) is 0.524. The number of amides is 1. The largest absolute Gasteiger partial charge is 0.495 e. The Morgan fingerprint density at radius 1 is 1.27 bits per heavy atom. The van der Waals surface area contributed by atoms with Gasteiger partial charge in [-0.2, -0.15) is 0 Å². The van der Waals surface area contributed by atoms with Crippen LogP contribution in [-0.2, 0) is 16.4 Å². The molecule has 0 atom stereocenters. The topological polar surface area (TPSA) is 97.4 Å². The van der Waals surface area contributed by atoms with E-state index in [1.807, 2.05) is 12.3 Å². The zero-order valence-electron chi connectivity index (χ0n) is 17.4. The Balaban J connectivity index is 1.58. The molecule has 2 aromatic rings. The number of nitrogens with zero attached hydrogens (tertiary/aromatic N) is 1. The van der Waals surface area contributed by atoms with E-state index in [9.17, 15) is 13.2 Å². The van der Waals surface area contributed by atoms with Crippen molar-refractivity contribution < 1.29 is 17.9 Å². The van der Waals surface area contributed by atoms with Gasteiger partial charge in [0.1, 0.15) is 10.6 Å². The van der Waals surface area contributed by atoms with Gasteiger partial charge in [0.15, 0.2) is 0 Å². The molecule has 1 amide bonds. The van der Waals surface area contributed by atoms with E-state index in [1.165, 1.54) is 19.2 Å². The van der Waals surface area contributed by atoms with Crippen molar-refractivity contribution in [3.63, 3.8) is 0 Å². The summed E-state index contributed by atoms with van der Waals surface area (Å²) in [7, 11) is -2.34. The fourth-order valence-corrected chi connectivity index (χ4v) is 5.90. The van der Waals surface area contributed by atoms with Crippen LogP contribution >= 0.6 is 11.3 Å². The number of methoxy groups -OCH3 is 1. The van der Waals surface area contributed by atoms with Crippen molar-refractivity contribution in [1.82, 2.24) is 15.0 Å². The van der Waals surface area contributed by atoms with Crippen molar-refractivity contribution in [2.24, 2.45) is 0 Å². The first kappa shape index (κ1) is 22.7. The number of hydrogen-bond donors (Lipinski definition) is 2. The molecular formula is C21H29N3O4S2. The van der Waals surface area contributed by atoms with Gasteiger partial charge in [0.25, 0.3) is 5.91 Å². The molecule has 0 aliphatic heterocycles. The fourth-order valence-electron chi connectivity index (χ4n) is 3.58. The van der Waals surface area contributed by atoms with Gasteiger partial charge in [0.2, 0.25) is 10.0 Å². The van der Waals surface area contributed by atoms with Crippen molar-refractivity contribution >= 4 is 27.3 Å². The van der Waals surface area contributed by atoms with Crippen molar-refractivity contribution in [2.75, 3.05) is 13.7 Å². The molecule has 0 spiro atoms. The standard InChI is InChI=1S/C21H29N3O4S2/c1-15-14-29-20(23-15)9-5-6-12-22-21(25)16-10-11-18(28-2)19(13-16)30(26,27)24-17-7-3-4-8-17/h10-11,13-14,17,24H,3-9,12H2,1-2H3,(H,22,25). The highest BCUT2D eigenvalue weighted by molar-refractivity contribution is 7.89. The SMILES string of the molecule is COc1ccc(C(=O)NCCCCc2nc(C)cs2)cc1S(=O)(=O)NC1CCCC1. The molecule has 9 heteroatoms. The highest BCUT2D eigenvalue weighted by Crippen LogP contribution is 2.27. The van der Waals surface area contributed by atoms with Gasteiger partial charge in [-0.3, -0.25) is 4.79 Å². The van der Waals surface area contributed by atoms with Gasteiger partial charge in [0.05, 0.1) is 12.1 Å². The molecule has 0 unspecified atom stereocenters. The third kappa shape index (κ3) is 6.02. The Bertz CT molecular complexity index is 966. The number of carbonyl (C=O) groups is 1. The van der Waals surface area contributed by atoms with Crippen LogP contribution in [0.5, 0.6) is 5.75 Å². The molecule has 2 N–H and O–H groups in total. The van der Waals surface area contributed by atoms with E-state index >= 15 is 0 Å². The summed E-state index contributed by atoms with van der Waals surface area (Å²) in [5.74, 6) is -0.0594. The summed E-state index contributed by atoms with van der Waals surface area (Å²) in [6.07, 6.45) is 6.37. The van der Waals surface area contributed by atoms with Crippen molar-refractivity contribution in [2.45, 2.75) is 62.8 Å². The summed E-state index contributed by atoms with van der Waals surface area (Å²) in [5, 5.41) is 6.01. The van der Waals surface area contributed by atoms with Crippen molar-refractivity contribution in [3.05, 3.63) is 39.8 Å². The molecule has 1 aromatic carbocycles. The van der Waals surface area contributed by atoms with Crippen LogP contribution in [-0.4, -0.2) is 39.0 Å². The molecule has 1 aromatic heterocycles. The molecule has 164 valence electrons. The summed E-state index contributed by atoms with van der Waals surface area (Å²) in [4.78, 5) is 17.0. The van der Waals surface area contributed by atoms with Gasteiger partial charge >= 0.3 is 0 Å². The van der Waals surface area contributed by atoms with E-state index in [-0.39, 0.29) is 22.6 Å². The van der Waals surface area contributed by atoms with Gasteiger partial charge < -0.3 is 10.1 Å². The van der Waals surface area contributed by atoms with Gasteiger partial charge in [-0.1, -0.05) is 12.8 Å². The molecule has 0 bridgehead atoms. The molecular weight excluding hydrogens is 422 g/mol. The first-order valence-electron chi connectivity index (χ1n) is 10.3. The quantitative estimate of drug-likeness (QED) is 0.540. The smallest absolute Gasteiger partial charge is 0.251 e. The molecule has 0 saturated heterocycles. The second-order valence-electron chi connectivity index (χ2n) is 7.56. The summed E-state index contributed by atoms with van der Waals surface area (Å²) >= 11 is 1.66. The normalized spacial score (nSPS) is 14.7. The van der Waals surface area contributed by atoms with Crippen LogP contribution in [0, 0.1) is 6.92 Å². The number of ether oxygens (including phenoxy) is 1. The Labute approximate surface area is 182 Å². The van der Waals surface area contributed by atoms with Crippen LogP contribution in [0.15, 0.2) is 28.5 Å². The maximum Gasteiger partial charge on any atom is 0.251 e. The van der Waals surface area contributed by atoms with E-state index in [0.29, 0.717) is 12.1 Å². The average Bonchev–Trinajstić information content (AvgIpc) is 3.38. The number of benzene rings is 1. The van der Waals surface area contributed by atoms with Gasteiger partial charge in [-0.25, -0.2) is 18.1 Å². The number of unbranched alkanes of at least 4 members (excludes halogenated alkanes) is 1. The van der Waals surface area contributed by atoms with Gasteiger partial charge in [0, 0.05) is 29.2 Å². The average molecular weight is 452 g/mol. The molecule has 1 saturated carbocycles. The third-order valence-electron chi connectivity index (χ3n) is 5.16. The lowest BCUT2D eigenvalue weighted by Gasteiger charge is -2.15. The van der Waals surface area contributed by atoms with E-state index in [0.717, 1.165) is 55.6 Å². The number of carbonyl (C=O) groups excluding carboxylic acids is 1. The zero-order valence-corrected chi connectivity index (χ0v) is 19.1. The Kier molecular flexibility index (Phi) is 7.85. The highest BCUT2D eigenvalue weighted by atomic mass is 32.2. The van der Waals surface area contributed by atoms with Crippen molar-refractivity contribution in [3.8, 4) is 5.75 Å². The predicted molar refractivity (Wildman–Crippen MR) is 118 cm³/mol. The van der Waals surface area contributed by atoms with E-state index in [4.69, 9.17) is 4.74 Å². The first-order chi connectivity index (χ1) is 14.4. The molecule has 3 rings (SSSR count). The molecule has 0 radical (unpaired) electrons. The minimum atomic E-state index is -3.76. The maximum atomic E-state index is 12.9. The zero-order chi connectivity index (χ0) is 21.6. The second-order valence-corrected chi connectivity index (χ2v) is 10.2. The number of aromatic nitrogens is 1. The number of thiazole rings is 1. The third-order valence-corrected chi connectivity index (χ3v) is 7.73. The molecule has 1 aliphatic carbocycles. The molecule has 30 heavy (non-hydrogen) atoms. The van der Waals surface area contributed by atoms with Crippen LogP contribution in [0.3, 0.4) is 0 Å². The van der Waals surface area contributed by atoms with Gasteiger partial charge in [-0.05, 0) is 57.2 Å². The van der Waals surface area contributed by atoms with Crippen LogP contribution < -0.4 is 14.8 Å².